The summed E-state index contributed by atoms with van der Waals surface area (Å²) < 4.78 is 16.4. The van der Waals surface area contributed by atoms with Crippen LogP contribution < -0.4 is 10.6 Å². The number of nitrogens with zero attached hydrogens (tertiary/aromatic N) is 1. The maximum absolute atomic E-state index is 6.00. The second-order valence-electron chi connectivity index (χ2n) is 6.39. The number of nitrogens with one attached hydrogen (secondary N) is 2. The number of rotatable bonds is 10. The van der Waals surface area contributed by atoms with Gasteiger partial charge >= 0.3 is 0 Å². The molecule has 0 atom stereocenters. The van der Waals surface area contributed by atoms with Gasteiger partial charge in [-0.1, -0.05) is 25.7 Å². The van der Waals surface area contributed by atoms with E-state index in [9.17, 15) is 0 Å². The van der Waals surface area contributed by atoms with Crippen LogP contribution in [0.25, 0.3) is 0 Å². The van der Waals surface area contributed by atoms with Crippen molar-refractivity contribution in [1.82, 2.24) is 10.6 Å². The van der Waals surface area contributed by atoms with Crippen LogP contribution in [0.5, 0.6) is 0 Å². The van der Waals surface area contributed by atoms with Crippen molar-refractivity contribution in [3.05, 3.63) is 24.2 Å². The molecule has 0 radical (unpaired) electrons. The van der Waals surface area contributed by atoms with Gasteiger partial charge in [0.15, 0.2) is 5.96 Å². The highest BCUT2D eigenvalue weighted by atomic mass is 16.5. The molecule has 1 fully saturated rings. The third kappa shape index (κ3) is 8.93. The van der Waals surface area contributed by atoms with Crippen LogP contribution in [0, 0.1) is 0 Å². The normalized spacial score (nSPS) is 16.6. The Morgan fingerprint density at radius 2 is 1.96 bits per heavy atom. The van der Waals surface area contributed by atoms with Gasteiger partial charge in [-0.2, -0.15) is 0 Å². The number of methoxy groups -OCH3 is 1. The molecule has 1 aliphatic rings. The second-order valence-corrected chi connectivity index (χ2v) is 6.39. The third-order valence-corrected chi connectivity index (χ3v) is 4.36. The molecule has 142 valence electrons. The Bertz CT molecular complexity index is 454. The first-order chi connectivity index (χ1) is 12.4. The number of ether oxygens (including phenoxy) is 2. The first kappa shape index (κ1) is 19.8. The molecule has 1 aromatic rings. The minimum Gasteiger partial charge on any atom is -0.469 e. The van der Waals surface area contributed by atoms with Gasteiger partial charge in [-0.05, 0) is 25.0 Å². The number of aliphatic imine (C=N–C) groups is 1. The maximum atomic E-state index is 6.00. The fraction of sp³-hybridized carbons (Fsp3) is 0.737. The van der Waals surface area contributed by atoms with E-state index in [1.165, 1.54) is 38.5 Å². The molecule has 2 N–H and O–H groups in total. The fourth-order valence-electron chi connectivity index (χ4n) is 2.99. The van der Waals surface area contributed by atoms with Gasteiger partial charge in [0.25, 0.3) is 0 Å². The molecule has 6 heteroatoms. The SMILES string of the molecule is COCCNC(=NCCOC1CCCCCC1)NCCc1ccco1. The first-order valence-corrected chi connectivity index (χ1v) is 9.53. The molecular weight excluding hydrogens is 318 g/mol. The van der Waals surface area contributed by atoms with Crippen molar-refractivity contribution in [3.63, 3.8) is 0 Å². The van der Waals surface area contributed by atoms with Crippen molar-refractivity contribution in [3.8, 4) is 0 Å². The predicted molar refractivity (Wildman–Crippen MR) is 100 cm³/mol. The van der Waals surface area contributed by atoms with Crippen molar-refractivity contribution >= 4 is 5.96 Å². The van der Waals surface area contributed by atoms with E-state index in [0.717, 1.165) is 31.2 Å². The second kappa shape index (κ2) is 12.8. The number of guanidine groups is 1. The summed E-state index contributed by atoms with van der Waals surface area (Å²) in [4.78, 5) is 4.61. The lowest BCUT2D eigenvalue weighted by Crippen LogP contribution is -2.40. The largest absolute Gasteiger partial charge is 0.469 e. The summed E-state index contributed by atoms with van der Waals surface area (Å²) in [6.07, 6.45) is 10.7. The summed E-state index contributed by atoms with van der Waals surface area (Å²) in [6, 6.07) is 3.89. The zero-order valence-electron chi connectivity index (χ0n) is 15.5. The Kier molecular flexibility index (Phi) is 10.1. The molecule has 0 saturated heterocycles. The molecule has 0 aliphatic heterocycles. The third-order valence-electron chi connectivity index (χ3n) is 4.36. The Labute approximate surface area is 151 Å². The zero-order valence-corrected chi connectivity index (χ0v) is 15.5. The highest BCUT2D eigenvalue weighted by Crippen LogP contribution is 2.19. The number of hydrogen-bond donors (Lipinski definition) is 2. The standard InChI is InChI=1S/C19H33N3O3/c1-23-15-12-21-19(20-11-10-18-9-6-14-24-18)22-13-16-25-17-7-4-2-3-5-8-17/h6,9,14,17H,2-5,7-8,10-13,15-16H2,1H3,(H2,20,21,22). The van der Waals surface area contributed by atoms with Crippen molar-refractivity contribution in [2.75, 3.05) is 40.0 Å². The van der Waals surface area contributed by atoms with Crippen LogP contribution in [0.1, 0.15) is 44.3 Å². The average Bonchev–Trinajstić information content (AvgIpc) is 3.00. The van der Waals surface area contributed by atoms with E-state index in [-0.39, 0.29) is 0 Å². The fourth-order valence-corrected chi connectivity index (χ4v) is 2.99. The lowest BCUT2D eigenvalue weighted by molar-refractivity contribution is 0.0487. The topological polar surface area (TPSA) is 68.0 Å². The summed E-state index contributed by atoms with van der Waals surface area (Å²) in [5.74, 6) is 1.77. The molecule has 1 saturated carbocycles. The van der Waals surface area contributed by atoms with Crippen LogP contribution in [-0.2, 0) is 15.9 Å². The zero-order chi connectivity index (χ0) is 17.6. The van der Waals surface area contributed by atoms with Crippen molar-refractivity contribution in [2.24, 2.45) is 4.99 Å². The van der Waals surface area contributed by atoms with Gasteiger partial charge in [-0.15, -0.1) is 0 Å². The van der Waals surface area contributed by atoms with E-state index in [1.54, 1.807) is 13.4 Å². The number of hydrogen-bond acceptors (Lipinski definition) is 4. The Morgan fingerprint density at radius 1 is 1.16 bits per heavy atom. The van der Waals surface area contributed by atoms with Crippen molar-refractivity contribution < 1.29 is 13.9 Å². The van der Waals surface area contributed by atoms with Gasteiger partial charge in [0.2, 0.25) is 0 Å². The first-order valence-electron chi connectivity index (χ1n) is 9.53. The molecule has 0 aromatic carbocycles. The summed E-state index contributed by atoms with van der Waals surface area (Å²) >= 11 is 0. The molecule has 0 unspecified atom stereocenters. The Hall–Kier alpha value is -1.53. The number of furan rings is 1. The van der Waals surface area contributed by atoms with Crippen LogP contribution in [0.15, 0.2) is 27.8 Å². The predicted octanol–water partition coefficient (Wildman–Crippen LogP) is 2.74. The molecule has 1 aliphatic carbocycles. The smallest absolute Gasteiger partial charge is 0.191 e. The lowest BCUT2D eigenvalue weighted by atomic mass is 10.1. The van der Waals surface area contributed by atoms with Crippen LogP contribution >= 0.6 is 0 Å². The molecule has 25 heavy (non-hydrogen) atoms. The highest BCUT2D eigenvalue weighted by Gasteiger charge is 2.11. The maximum Gasteiger partial charge on any atom is 0.191 e. The molecule has 6 nitrogen and oxygen atoms in total. The van der Waals surface area contributed by atoms with Crippen molar-refractivity contribution in [2.45, 2.75) is 51.0 Å². The summed E-state index contributed by atoms with van der Waals surface area (Å²) in [6.45, 7) is 3.50. The van der Waals surface area contributed by atoms with E-state index in [2.05, 4.69) is 15.6 Å². The van der Waals surface area contributed by atoms with Gasteiger partial charge in [-0.25, -0.2) is 0 Å². The summed E-state index contributed by atoms with van der Waals surface area (Å²) in [5, 5.41) is 6.61. The van der Waals surface area contributed by atoms with E-state index in [1.807, 2.05) is 12.1 Å². The molecule has 2 rings (SSSR count). The van der Waals surface area contributed by atoms with Gasteiger partial charge in [0.1, 0.15) is 5.76 Å². The van der Waals surface area contributed by atoms with Crippen LogP contribution in [-0.4, -0.2) is 52.0 Å². The minimum atomic E-state index is 0.425. The lowest BCUT2D eigenvalue weighted by Gasteiger charge is -2.15. The molecule has 0 amide bonds. The molecular formula is C19H33N3O3. The van der Waals surface area contributed by atoms with Crippen LogP contribution in [0.4, 0.5) is 0 Å². The van der Waals surface area contributed by atoms with E-state index >= 15 is 0 Å². The Morgan fingerprint density at radius 3 is 2.68 bits per heavy atom. The van der Waals surface area contributed by atoms with E-state index in [0.29, 0.717) is 25.9 Å². The summed E-state index contributed by atoms with van der Waals surface area (Å²) in [5.41, 5.74) is 0. The molecule has 1 heterocycles. The van der Waals surface area contributed by atoms with Gasteiger partial charge < -0.3 is 24.5 Å². The Balaban J connectivity index is 1.68. The van der Waals surface area contributed by atoms with Gasteiger partial charge in [0.05, 0.1) is 32.1 Å². The summed E-state index contributed by atoms with van der Waals surface area (Å²) in [7, 11) is 1.70. The van der Waals surface area contributed by atoms with Gasteiger partial charge in [-0.3, -0.25) is 4.99 Å². The van der Waals surface area contributed by atoms with Crippen LogP contribution in [0.3, 0.4) is 0 Å². The minimum absolute atomic E-state index is 0.425. The van der Waals surface area contributed by atoms with Crippen LogP contribution in [0.2, 0.25) is 0 Å². The van der Waals surface area contributed by atoms with Gasteiger partial charge in [0, 0.05) is 26.6 Å². The molecule has 0 bridgehead atoms. The van der Waals surface area contributed by atoms with E-state index < -0.39 is 0 Å². The average molecular weight is 351 g/mol. The van der Waals surface area contributed by atoms with Crippen molar-refractivity contribution in [1.29, 1.82) is 0 Å². The highest BCUT2D eigenvalue weighted by molar-refractivity contribution is 5.79. The monoisotopic (exact) mass is 351 g/mol. The molecule has 0 spiro atoms. The van der Waals surface area contributed by atoms with E-state index in [4.69, 9.17) is 13.9 Å². The quantitative estimate of drug-likeness (QED) is 0.294. The molecule has 1 aromatic heterocycles.